The zero-order chi connectivity index (χ0) is 14.7. The molecular formula is C14H19F2N3O. The summed E-state index contributed by atoms with van der Waals surface area (Å²) >= 11 is 0. The van der Waals surface area contributed by atoms with Crippen LogP contribution < -0.4 is 11.1 Å². The highest BCUT2D eigenvalue weighted by Gasteiger charge is 2.24. The van der Waals surface area contributed by atoms with E-state index in [0.29, 0.717) is 12.5 Å². The van der Waals surface area contributed by atoms with Gasteiger partial charge < -0.3 is 11.1 Å². The molecule has 1 aliphatic rings. The monoisotopic (exact) mass is 283 g/mol. The van der Waals surface area contributed by atoms with Crippen LogP contribution in [0.3, 0.4) is 0 Å². The summed E-state index contributed by atoms with van der Waals surface area (Å²) < 4.78 is 26.4. The van der Waals surface area contributed by atoms with Gasteiger partial charge in [-0.2, -0.15) is 0 Å². The Morgan fingerprint density at radius 2 is 2.25 bits per heavy atom. The SMILES string of the molecule is CC1CCN(CC(=O)Nc2cc(F)ccc2F)CC1N. The van der Waals surface area contributed by atoms with Gasteiger partial charge in [-0.3, -0.25) is 9.69 Å². The molecule has 1 saturated heterocycles. The summed E-state index contributed by atoms with van der Waals surface area (Å²) in [6.07, 6.45) is 0.933. The molecule has 1 aliphatic heterocycles. The molecule has 0 saturated carbocycles. The fraction of sp³-hybridized carbons (Fsp3) is 0.500. The molecule has 0 bridgehead atoms. The number of amides is 1. The number of halogens is 2. The van der Waals surface area contributed by atoms with Gasteiger partial charge >= 0.3 is 0 Å². The average Bonchev–Trinajstić information content (AvgIpc) is 2.38. The molecule has 6 heteroatoms. The van der Waals surface area contributed by atoms with Gasteiger partial charge in [0, 0.05) is 18.7 Å². The highest BCUT2D eigenvalue weighted by Crippen LogP contribution is 2.17. The maximum absolute atomic E-state index is 13.4. The second-order valence-corrected chi connectivity index (χ2v) is 5.34. The Kier molecular flexibility index (Phi) is 4.67. The average molecular weight is 283 g/mol. The van der Waals surface area contributed by atoms with Gasteiger partial charge in [0.15, 0.2) is 0 Å². The first kappa shape index (κ1) is 14.9. The first-order valence-electron chi connectivity index (χ1n) is 6.68. The number of likely N-dealkylation sites (tertiary alicyclic amines) is 1. The lowest BCUT2D eigenvalue weighted by molar-refractivity contribution is -0.117. The highest BCUT2D eigenvalue weighted by molar-refractivity contribution is 5.92. The van der Waals surface area contributed by atoms with Crippen molar-refractivity contribution in [3.05, 3.63) is 29.8 Å². The van der Waals surface area contributed by atoms with E-state index in [2.05, 4.69) is 12.2 Å². The van der Waals surface area contributed by atoms with E-state index in [0.717, 1.165) is 31.2 Å². The van der Waals surface area contributed by atoms with Gasteiger partial charge in [-0.15, -0.1) is 0 Å². The third-order valence-corrected chi connectivity index (χ3v) is 3.67. The van der Waals surface area contributed by atoms with Crippen molar-refractivity contribution in [2.45, 2.75) is 19.4 Å². The lowest BCUT2D eigenvalue weighted by atomic mass is 9.94. The Morgan fingerprint density at radius 1 is 1.50 bits per heavy atom. The van der Waals surface area contributed by atoms with Crippen molar-refractivity contribution in [3.8, 4) is 0 Å². The number of anilines is 1. The highest BCUT2D eigenvalue weighted by atomic mass is 19.1. The molecule has 1 heterocycles. The molecule has 1 aromatic rings. The van der Waals surface area contributed by atoms with E-state index >= 15 is 0 Å². The van der Waals surface area contributed by atoms with E-state index in [4.69, 9.17) is 5.73 Å². The molecular weight excluding hydrogens is 264 g/mol. The lowest BCUT2D eigenvalue weighted by Gasteiger charge is -2.34. The van der Waals surface area contributed by atoms with Crippen LogP contribution in [-0.2, 0) is 4.79 Å². The molecule has 1 amide bonds. The molecule has 3 N–H and O–H groups in total. The maximum atomic E-state index is 13.4. The van der Waals surface area contributed by atoms with Gasteiger partial charge in [0.05, 0.1) is 12.2 Å². The number of carbonyl (C=O) groups is 1. The molecule has 1 aromatic carbocycles. The van der Waals surface area contributed by atoms with Gasteiger partial charge in [-0.1, -0.05) is 6.92 Å². The van der Waals surface area contributed by atoms with Crippen molar-refractivity contribution in [2.24, 2.45) is 11.7 Å². The number of nitrogens with one attached hydrogen (secondary N) is 1. The minimum Gasteiger partial charge on any atom is -0.326 e. The number of nitrogens with two attached hydrogens (primary N) is 1. The van der Waals surface area contributed by atoms with Crippen LogP contribution in [0.5, 0.6) is 0 Å². The standard InChI is InChI=1S/C14H19F2N3O/c1-9-4-5-19(7-12(9)17)8-14(20)18-13-6-10(15)2-3-11(13)16/h2-3,6,9,12H,4-5,7-8,17H2,1H3,(H,18,20). The van der Waals surface area contributed by atoms with Gasteiger partial charge in [0.1, 0.15) is 11.6 Å². The van der Waals surface area contributed by atoms with Crippen molar-refractivity contribution in [2.75, 3.05) is 25.0 Å². The molecule has 2 unspecified atom stereocenters. The van der Waals surface area contributed by atoms with Crippen LogP contribution in [0, 0.1) is 17.6 Å². The van der Waals surface area contributed by atoms with E-state index in [-0.39, 0.29) is 24.2 Å². The number of hydrogen-bond acceptors (Lipinski definition) is 3. The normalized spacial score (nSPS) is 23.6. The molecule has 4 nitrogen and oxygen atoms in total. The summed E-state index contributed by atoms with van der Waals surface area (Å²) in [5, 5.41) is 2.39. The Hall–Kier alpha value is -1.53. The third-order valence-electron chi connectivity index (χ3n) is 3.67. The Balaban J connectivity index is 1.91. The van der Waals surface area contributed by atoms with Gasteiger partial charge in [-0.05, 0) is 31.0 Å². The van der Waals surface area contributed by atoms with Crippen LogP contribution in [0.15, 0.2) is 18.2 Å². The fourth-order valence-electron chi connectivity index (χ4n) is 2.30. The predicted molar refractivity (Wildman–Crippen MR) is 73.2 cm³/mol. The Morgan fingerprint density at radius 3 is 2.95 bits per heavy atom. The van der Waals surface area contributed by atoms with Crippen LogP contribution >= 0.6 is 0 Å². The fourth-order valence-corrected chi connectivity index (χ4v) is 2.30. The summed E-state index contributed by atoms with van der Waals surface area (Å²) in [7, 11) is 0. The molecule has 2 rings (SSSR count). The number of rotatable bonds is 3. The van der Waals surface area contributed by atoms with E-state index in [1.165, 1.54) is 0 Å². The summed E-state index contributed by atoms with van der Waals surface area (Å²) in [6, 6.07) is 3.01. The molecule has 110 valence electrons. The molecule has 20 heavy (non-hydrogen) atoms. The van der Waals surface area contributed by atoms with Crippen molar-refractivity contribution in [3.63, 3.8) is 0 Å². The first-order chi connectivity index (χ1) is 9.45. The topological polar surface area (TPSA) is 58.4 Å². The molecule has 2 atom stereocenters. The van der Waals surface area contributed by atoms with E-state index in [1.54, 1.807) is 0 Å². The van der Waals surface area contributed by atoms with E-state index in [9.17, 15) is 13.6 Å². The largest absolute Gasteiger partial charge is 0.326 e. The van der Waals surface area contributed by atoms with Crippen LogP contribution in [-0.4, -0.2) is 36.5 Å². The molecule has 0 spiro atoms. The molecule has 0 radical (unpaired) electrons. The second-order valence-electron chi connectivity index (χ2n) is 5.34. The summed E-state index contributed by atoms with van der Waals surface area (Å²) in [6.45, 7) is 3.65. The number of carbonyl (C=O) groups excluding carboxylic acids is 1. The van der Waals surface area contributed by atoms with Crippen LogP contribution in [0.25, 0.3) is 0 Å². The molecule has 1 fully saturated rings. The number of piperidine rings is 1. The molecule has 0 aromatic heterocycles. The Labute approximate surface area is 116 Å². The van der Waals surface area contributed by atoms with E-state index < -0.39 is 11.6 Å². The van der Waals surface area contributed by atoms with Gasteiger partial charge in [0.25, 0.3) is 0 Å². The number of nitrogens with zero attached hydrogens (tertiary/aromatic N) is 1. The van der Waals surface area contributed by atoms with Crippen molar-refractivity contribution < 1.29 is 13.6 Å². The van der Waals surface area contributed by atoms with Crippen molar-refractivity contribution in [1.82, 2.24) is 4.90 Å². The first-order valence-corrected chi connectivity index (χ1v) is 6.68. The van der Waals surface area contributed by atoms with E-state index in [1.807, 2.05) is 4.90 Å². The van der Waals surface area contributed by atoms with Crippen LogP contribution in [0.1, 0.15) is 13.3 Å². The number of benzene rings is 1. The van der Waals surface area contributed by atoms with Crippen molar-refractivity contribution in [1.29, 1.82) is 0 Å². The van der Waals surface area contributed by atoms with Crippen LogP contribution in [0.4, 0.5) is 14.5 Å². The summed E-state index contributed by atoms with van der Waals surface area (Å²) in [5.74, 6) is -1.16. The van der Waals surface area contributed by atoms with Crippen molar-refractivity contribution >= 4 is 11.6 Å². The quantitative estimate of drug-likeness (QED) is 0.885. The number of hydrogen-bond donors (Lipinski definition) is 2. The van der Waals surface area contributed by atoms with Gasteiger partial charge in [0.2, 0.25) is 5.91 Å². The van der Waals surface area contributed by atoms with Gasteiger partial charge in [-0.25, -0.2) is 8.78 Å². The summed E-state index contributed by atoms with van der Waals surface area (Å²) in [5.41, 5.74) is 5.82. The third kappa shape index (κ3) is 3.74. The molecule has 0 aliphatic carbocycles. The lowest BCUT2D eigenvalue weighted by Crippen LogP contribution is -2.49. The minimum absolute atomic E-state index is 0.0439. The predicted octanol–water partition coefficient (Wildman–Crippen LogP) is 1.57. The second kappa shape index (κ2) is 6.28. The summed E-state index contributed by atoms with van der Waals surface area (Å²) in [4.78, 5) is 13.8. The Bertz CT molecular complexity index is 495. The van der Waals surface area contributed by atoms with Crippen LogP contribution in [0.2, 0.25) is 0 Å². The zero-order valence-corrected chi connectivity index (χ0v) is 11.4. The smallest absolute Gasteiger partial charge is 0.238 e. The maximum Gasteiger partial charge on any atom is 0.238 e. The minimum atomic E-state index is -0.649. The zero-order valence-electron chi connectivity index (χ0n) is 11.4.